The molecule has 2 atom stereocenters. The van der Waals surface area contributed by atoms with E-state index in [-0.39, 0.29) is 37.8 Å². The maximum Gasteiger partial charge on any atom is 0.408 e. The molecule has 0 spiro atoms. The van der Waals surface area contributed by atoms with Crippen LogP contribution in [-0.2, 0) is 40.0 Å². The van der Waals surface area contributed by atoms with Gasteiger partial charge in [-0.05, 0) is 36.8 Å². The van der Waals surface area contributed by atoms with Gasteiger partial charge in [-0.2, -0.15) is 0 Å². The molecular weight excluding hydrogens is 762 g/mol. The number of carboxylic acids is 3. The van der Waals surface area contributed by atoms with Gasteiger partial charge >= 0.3 is 35.9 Å². The topological polar surface area (TPSA) is 246 Å². The van der Waals surface area contributed by atoms with Crippen LogP contribution < -0.4 is 11.1 Å². The van der Waals surface area contributed by atoms with Crippen molar-refractivity contribution in [2.24, 2.45) is 5.73 Å². The lowest BCUT2D eigenvalue weighted by Gasteiger charge is -2.09. The van der Waals surface area contributed by atoms with Crippen LogP contribution in [0.3, 0.4) is 0 Å². The number of benzene rings is 3. The van der Waals surface area contributed by atoms with Crippen molar-refractivity contribution in [2.75, 3.05) is 13.2 Å². The number of nitrogens with two attached hydrogens (primary N) is 1. The quantitative estimate of drug-likeness (QED) is 0.111. The Morgan fingerprint density at radius 3 is 1.45 bits per heavy atom. The third kappa shape index (κ3) is 17.0. The van der Waals surface area contributed by atoms with Crippen molar-refractivity contribution >= 4 is 88.1 Å². The molecule has 0 aliphatic rings. The van der Waals surface area contributed by atoms with Crippen LogP contribution in [-0.4, -0.2) is 82.3 Å². The number of Topliss-reactive ketones (excluding diaryl/α,β-unsaturated/α-hetero) is 1. The lowest BCUT2D eigenvalue weighted by molar-refractivity contribution is -0.144. The van der Waals surface area contributed by atoms with Crippen molar-refractivity contribution in [2.45, 2.75) is 32.0 Å². The average Bonchev–Trinajstić information content (AvgIpc) is 3.06. The highest BCUT2D eigenvalue weighted by Crippen LogP contribution is 2.26. The summed E-state index contributed by atoms with van der Waals surface area (Å²) < 4.78 is 14.5. The number of hydrogen-bond acceptors (Lipinski definition) is 11. The van der Waals surface area contributed by atoms with Gasteiger partial charge in [-0.15, -0.1) is 0 Å². The van der Waals surface area contributed by atoms with Gasteiger partial charge in [-0.25, -0.2) is 14.4 Å². The number of aliphatic carboxylic acids is 3. The first-order chi connectivity index (χ1) is 23.9. The smallest absolute Gasteiger partial charge is 0.408 e. The number of hydrogen-bond donors (Lipinski definition) is 5. The Morgan fingerprint density at radius 2 is 1.10 bits per heavy atom. The van der Waals surface area contributed by atoms with Crippen LogP contribution >= 0.6 is 46.4 Å². The van der Waals surface area contributed by atoms with E-state index in [1.807, 2.05) is 30.3 Å². The molecule has 51 heavy (non-hydrogen) atoms. The zero-order valence-corrected chi connectivity index (χ0v) is 29.4. The van der Waals surface area contributed by atoms with Crippen molar-refractivity contribution < 1.29 is 63.1 Å². The number of alkyl carbamates (subject to hydrolysis) is 1. The number of carbonyl (C=O) groups is 7. The van der Waals surface area contributed by atoms with E-state index in [0.717, 1.165) is 5.56 Å². The number of nitrogens with one attached hydrogen (secondary N) is 1. The lowest BCUT2D eigenvalue weighted by atomic mass is 10.2. The van der Waals surface area contributed by atoms with Crippen LogP contribution in [0.5, 0.6) is 0 Å². The molecule has 0 unspecified atom stereocenters. The van der Waals surface area contributed by atoms with E-state index in [2.05, 4.69) is 5.32 Å². The van der Waals surface area contributed by atoms with Gasteiger partial charge in [0.1, 0.15) is 18.7 Å². The predicted molar refractivity (Wildman–Crippen MR) is 183 cm³/mol. The molecule has 0 aliphatic carbocycles. The summed E-state index contributed by atoms with van der Waals surface area (Å²) in [5.74, 6) is -5.99. The Balaban J connectivity index is 0.000000441. The number of rotatable bonds is 13. The van der Waals surface area contributed by atoms with Gasteiger partial charge in [-0.3, -0.25) is 19.2 Å². The third-order valence-corrected chi connectivity index (χ3v) is 6.95. The average molecular weight is 792 g/mol. The SMILES string of the molecule is C[C@H](NC(=O)OCc1ccccc1)C(=O)O.N[C@@H](CC(=O)O)C(=O)O.O=C(COC(=O)c1c(Cl)cccc1Cl)COC(=O)c1c(Cl)cccc1Cl. The van der Waals surface area contributed by atoms with E-state index < -0.39 is 73.4 Å². The van der Waals surface area contributed by atoms with Crippen molar-refractivity contribution in [3.63, 3.8) is 0 Å². The lowest BCUT2D eigenvalue weighted by Crippen LogP contribution is -2.38. The van der Waals surface area contributed by atoms with Crippen molar-refractivity contribution in [3.8, 4) is 0 Å². The minimum Gasteiger partial charge on any atom is -0.481 e. The van der Waals surface area contributed by atoms with E-state index in [1.54, 1.807) is 12.1 Å². The number of amides is 1. The fourth-order valence-electron chi connectivity index (χ4n) is 3.14. The minimum atomic E-state index is -1.29. The van der Waals surface area contributed by atoms with Crippen molar-refractivity contribution in [3.05, 3.63) is 104 Å². The zero-order valence-electron chi connectivity index (χ0n) is 26.3. The second kappa shape index (κ2) is 22.7. The summed E-state index contributed by atoms with van der Waals surface area (Å²) in [5, 5.41) is 27.1. The summed E-state index contributed by atoms with van der Waals surface area (Å²) in [6.45, 7) is 0.249. The van der Waals surface area contributed by atoms with Crippen LogP contribution in [0.25, 0.3) is 0 Å². The summed E-state index contributed by atoms with van der Waals surface area (Å²) in [6.07, 6.45) is -1.27. The molecule has 3 rings (SSSR count). The molecule has 0 saturated heterocycles. The number of carbonyl (C=O) groups excluding carboxylic acids is 4. The monoisotopic (exact) mass is 790 g/mol. The molecule has 0 bridgehead atoms. The van der Waals surface area contributed by atoms with Gasteiger partial charge in [0, 0.05) is 0 Å². The maximum atomic E-state index is 12.0. The summed E-state index contributed by atoms with van der Waals surface area (Å²) in [4.78, 5) is 76.9. The molecule has 19 heteroatoms. The molecule has 3 aromatic carbocycles. The van der Waals surface area contributed by atoms with E-state index in [4.69, 9.17) is 81.7 Å². The van der Waals surface area contributed by atoms with Crippen molar-refractivity contribution in [1.82, 2.24) is 5.32 Å². The molecular formula is C32H30Cl4N2O13. The standard InChI is InChI=1S/C17H10Cl4O5.C11H13NO4.C4H7NO4/c18-10-3-1-4-11(19)14(10)16(23)25-7-9(22)8-26-17(24)15-12(20)5-2-6-13(15)21;1-8(10(13)14)12-11(15)16-7-9-5-3-2-4-6-9;5-2(4(8)9)1-3(6)7/h1-6H,7-8H2;2-6,8H,7H2,1H3,(H,12,15)(H,13,14);2H,1,5H2,(H,6,7)(H,8,9)/t;8-;2-/m.00/s1. The van der Waals surface area contributed by atoms with Gasteiger partial charge in [-0.1, -0.05) is 88.9 Å². The normalized spacial score (nSPS) is 11.1. The maximum absolute atomic E-state index is 12.0. The number of ketones is 1. The summed E-state index contributed by atoms with van der Waals surface area (Å²) in [5.41, 5.74) is 5.58. The van der Waals surface area contributed by atoms with E-state index in [1.165, 1.54) is 31.2 Å². The van der Waals surface area contributed by atoms with Gasteiger partial charge < -0.3 is 40.6 Å². The van der Waals surface area contributed by atoms with Gasteiger partial charge in [0.25, 0.3) is 0 Å². The molecule has 3 aromatic rings. The summed E-state index contributed by atoms with van der Waals surface area (Å²) in [6, 6.07) is 15.9. The third-order valence-electron chi connectivity index (χ3n) is 5.69. The van der Waals surface area contributed by atoms with Crippen LogP contribution in [0.1, 0.15) is 39.6 Å². The van der Waals surface area contributed by atoms with E-state index in [0.29, 0.717) is 0 Å². The number of esters is 2. The molecule has 0 aromatic heterocycles. The molecule has 0 fully saturated rings. The minimum absolute atomic E-state index is 0.0523. The Kier molecular flexibility index (Phi) is 19.6. The number of carboxylic acid groups (broad SMARTS) is 3. The molecule has 274 valence electrons. The molecule has 0 heterocycles. The highest BCUT2D eigenvalue weighted by atomic mass is 35.5. The summed E-state index contributed by atoms with van der Waals surface area (Å²) >= 11 is 23.5. The summed E-state index contributed by atoms with van der Waals surface area (Å²) in [7, 11) is 0. The van der Waals surface area contributed by atoms with Crippen molar-refractivity contribution in [1.29, 1.82) is 0 Å². The van der Waals surface area contributed by atoms with Gasteiger partial charge in [0.2, 0.25) is 5.78 Å². The molecule has 0 saturated carbocycles. The highest BCUT2D eigenvalue weighted by molar-refractivity contribution is 6.40. The molecule has 0 aliphatic heterocycles. The Hall–Kier alpha value is -4.93. The van der Waals surface area contributed by atoms with Crippen LogP contribution in [0.2, 0.25) is 20.1 Å². The Bertz CT molecular complexity index is 1600. The Morgan fingerprint density at radius 1 is 0.667 bits per heavy atom. The fraction of sp³-hybridized carbons (Fsp3) is 0.219. The van der Waals surface area contributed by atoms with Crippen LogP contribution in [0, 0.1) is 0 Å². The van der Waals surface area contributed by atoms with E-state index >= 15 is 0 Å². The molecule has 6 N–H and O–H groups in total. The first-order valence-corrected chi connectivity index (χ1v) is 15.6. The molecule has 0 radical (unpaired) electrons. The van der Waals surface area contributed by atoms with Crippen LogP contribution in [0.4, 0.5) is 4.79 Å². The fourth-order valence-corrected chi connectivity index (χ4v) is 4.25. The largest absolute Gasteiger partial charge is 0.481 e. The second-order valence-electron chi connectivity index (χ2n) is 9.69. The second-order valence-corrected chi connectivity index (χ2v) is 11.3. The first kappa shape index (κ1) is 44.1. The zero-order chi connectivity index (χ0) is 38.7. The predicted octanol–water partition coefficient (Wildman–Crippen LogP) is 5.14. The van der Waals surface area contributed by atoms with Crippen LogP contribution in [0.15, 0.2) is 66.7 Å². The van der Waals surface area contributed by atoms with E-state index in [9.17, 15) is 33.6 Å². The highest BCUT2D eigenvalue weighted by Gasteiger charge is 2.20. The van der Waals surface area contributed by atoms with Gasteiger partial charge in [0.05, 0.1) is 37.6 Å². The molecule has 15 nitrogen and oxygen atoms in total. The molecule has 1 amide bonds. The number of ether oxygens (including phenoxy) is 3. The first-order valence-electron chi connectivity index (χ1n) is 14.1. The van der Waals surface area contributed by atoms with Gasteiger partial charge in [0.15, 0.2) is 13.2 Å². The number of halogens is 4. The Labute approximate surface area is 310 Å².